The van der Waals surface area contributed by atoms with Crippen molar-refractivity contribution in [1.82, 2.24) is 9.97 Å². The highest BCUT2D eigenvalue weighted by molar-refractivity contribution is 7.71. The van der Waals surface area contributed by atoms with Gasteiger partial charge in [0.25, 0.3) is 0 Å². The van der Waals surface area contributed by atoms with Crippen molar-refractivity contribution in [2.24, 2.45) is 0 Å². The van der Waals surface area contributed by atoms with Crippen LogP contribution in [0.2, 0.25) is 0 Å². The van der Waals surface area contributed by atoms with Crippen molar-refractivity contribution in [2.45, 2.75) is 44.3 Å². The first-order valence-electron chi connectivity index (χ1n) is 5.46. The number of hydrogen-bond donors (Lipinski definition) is 1. The molecule has 3 atom stereocenters. The zero-order chi connectivity index (χ0) is 10.4. The molecule has 2 fully saturated rings. The number of aryl methyl sites for hydroxylation is 1. The molecule has 0 radical (unpaired) electrons. The zero-order valence-electron chi connectivity index (χ0n) is 8.69. The lowest BCUT2D eigenvalue weighted by Crippen LogP contribution is -2.17. The van der Waals surface area contributed by atoms with Crippen LogP contribution in [0.4, 0.5) is 0 Å². The molecule has 3 heterocycles. The van der Waals surface area contributed by atoms with Crippen LogP contribution in [0.5, 0.6) is 0 Å². The zero-order valence-corrected chi connectivity index (χ0v) is 9.51. The molecule has 0 aliphatic carbocycles. The molecule has 2 bridgehead atoms. The van der Waals surface area contributed by atoms with Gasteiger partial charge in [0.15, 0.2) is 0 Å². The van der Waals surface area contributed by atoms with Crippen LogP contribution >= 0.6 is 12.2 Å². The molecule has 3 nitrogen and oxygen atoms in total. The third kappa shape index (κ3) is 1.62. The monoisotopic (exact) mass is 222 g/mol. The summed E-state index contributed by atoms with van der Waals surface area (Å²) >= 11 is 5.14. The predicted octanol–water partition coefficient (Wildman–Crippen LogP) is 2.48. The van der Waals surface area contributed by atoms with E-state index in [0.717, 1.165) is 17.9 Å². The normalized spacial score (nSPS) is 33.5. The number of nitrogens with one attached hydrogen (secondary N) is 1. The Morgan fingerprint density at radius 2 is 2.40 bits per heavy atom. The first kappa shape index (κ1) is 9.48. The molecule has 1 N–H and O–H groups in total. The fourth-order valence-corrected chi connectivity index (χ4v) is 2.98. The molecule has 0 amide bonds. The number of aromatic amines is 1. The standard InChI is InChI=1S/C11H14N2OS/c1-6-4-10(15)13-11(12-6)8-5-7-2-3-9(8)14-7/h4,7-9H,2-3,5H2,1H3,(H,12,13,15). The molecule has 3 unspecified atom stereocenters. The summed E-state index contributed by atoms with van der Waals surface area (Å²) in [5.41, 5.74) is 1.09. The molecule has 3 rings (SSSR count). The van der Waals surface area contributed by atoms with E-state index in [0.29, 0.717) is 22.8 Å². The van der Waals surface area contributed by atoms with Gasteiger partial charge in [0.1, 0.15) is 10.5 Å². The molecule has 4 heteroatoms. The summed E-state index contributed by atoms with van der Waals surface area (Å²) in [6.45, 7) is 2.02. The van der Waals surface area contributed by atoms with E-state index in [9.17, 15) is 0 Å². The Morgan fingerprint density at radius 3 is 3.00 bits per heavy atom. The first-order chi connectivity index (χ1) is 7.22. The highest BCUT2D eigenvalue weighted by Gasteiger charge is 2.42. The molecule has 2 aliphatic heterocycles. The second kappa shape index (κ2) is 3.39. The van der Waals surface area contributed by atoms with E-state index in [1.807, 2.05) is 13.0 Å². The first-order valence-corrected chi connectivity index (χ1v) is 5.86. The minimum absolute atomic E-state index is 0.370. The molecule has 15 heavy (non-hydrogen) atoms. The van der Waals surface area contributed by atoms with Crippen molar-refractivity contribution in [1.29, 1.82) is 0 Å². The van der Waals surface area contributed by atoms with E-state index >= 15 is 0 Å². The Morgan fingerprint density at radius 1 is 1.53 bits per heavy atom. The minimum atomic E-state index is 0.370. The molecule has 1 aromatic heterocycles. The Kier molecular flexibility index (Phi) is 2.14. The summed E-state index contributed by atoms with van der Waals surface area (Å²) < 4.78 is 6.51. The van der Waals surface area contributed by atoms with Gasteiger partial charge in [-0.1, -0.05) is 12.2 Å². The van der Waals surface area contributed by atoms with Crippen molar-refractivity contribution in [3.8, 4) is 0 Å². The summed E-state index contributed by atoms with van der Waals surface area (Å²) in [7, 11) is 0. The fraction of sp³-hybridized carbons (Fsp3) is 0.636. The van der Waals surface area contributed by atoms with Gasteiger partial charge in [0.05, 0.1) is 12.2 Å². The predicted molar refractivity (Wildman–Crippen MR) is 59.4 cm³/mol. The van der Waals surface area contributed by atoms with E-state index < -0.39 is 0 Å². The SMILES string of the molecule is Cc1cc(=S)nc(C2CC3CCC2O3)[nH]1. The van der Waals surface area contributed by atoms with Crippen LogP contribution in [-0.2, 0) is 4.74 Å². The highest BCUT2D eigenvalue weighted by Crippen LogP contribution is 2.43. The number of hydrogen-bond acceptors (Lipinski definition) is 3. The van der Waals surface area contributed by atoms with Crippen LogP contribution in [0.15, 0.2) is 6.07 Å². The third-order valence-corrected chi connectivity index (χ3v) is 3.56. The maximum absolute atomic E-state index is 5.82. The summed E-state index contributed by atoms with van der Waals surface area (Å²) in [4.78, 5) is 7.73. The third-order valence-electron chi connectivity index (χ3n) is 3.35. The van der Waals surface area contributed by atoms with Crippen LogP contribution in [0, 0.1) is 11.6 Å². The number of ether oxygens (including phenoxy) is 1. The molecule has 1 aromatic rings. The van der Waals surface area contributed by atoms with Crippen LogP contribution in [0.1, 0.15) is 36.7 Å². The van der Waals surface area contributed by atoms with E-state index in [2.05, 4.69) is 9.97 Å². The molecule has 80 valence electrons. The topological polar surface area (TPSA) is 37.9 Å². The Bertz CT molecular complexity index is 442. The van der Waals surface area contributed by atoms with Crippen molar-refractivity contribution < 1.29 is 4.74 Å². The van der Waals surface area contributed by atoms with E-state index in [4.69, 9.17) is 17.0 Å². The molecular formula is C11H14N2OS. The van der Waals surface area contributed by atoms with Gasteiger partial charge in [-0.15, -0.1) is 0 Å². The smallest absolute Gasteiger partial charge is 0.129 e. The minimum Gasteiger partial charge on any atom is -0.374 e. The van der Waals surface area contributed by atoms with Gasteiger partial charge in [0, 0.05) is 11.6 Å². The van der Waals surface area contributed by atoms with Gasteiger partial charge in [-0.25, -0.2) is 4.98 Å². The molecule has 2 aliphatic rings. The van der Waals surface area contributed by atoms with Crippen molar-refractivity contribution in [2.75, 3.05) is 0 Å². The van der Waals surface area contributed by atoms with E-state index in [1.165, 1.54) is 12.8 Å². The second-order valence-corrected chi connectivity index (χ2v) is 4.92. The summed E-state index contributed by atoms with van der Waals surface area (Å²) in [5, 5.41) is 0. The lowest BCUT2D eigenvalue weighted by atomic mass is 9.88. The summed E-state index contributed by atoms with van der Waals surface area (Å²) in [5.74, 6) is 1.46. The van der Waals surface area contributed by atoms with Gasteiger partial charge < -0.3 is 9.72 Å². The number of rotatable bonds is 1. The van der Waals surface area contributed by atoms with Gasteiger partial charge in [-0.2, -0.15) is 0 Å². The Hall–Kier alpha value is -0.740. The van der Waals surface area contributed by atoms with Crippen LogP contribution in [-0.4, -0.2) is 22.2 Å². The van der Waals surface area contributed by atoms with Gasteiger partial charge in [-0.3, -0.25) is 0 Å². The van der Waals surface area contributed by atoms with Crippen molar-refractivity contribution in [3.63, 3.8) is 0 Å². The number of fused-ring (bicyclic) bond motifs is 2. The average molecular weight is 222 g/mol. The fourth-order valence-electron chi connectivity index (χ4n) is 2.70. The van der Waals surface area contributed by atoms with Gasteiger partial charge in [-0.05, 0) is 32.3 Å². The van der Waals surface area contributed by atoms with Gasteiger partial charge >= 0.3 is 0 Å². The lowest BCUT2D eigenvalue weighted by molar-refractivity contribution is 0.0998. The van der Waals surface area contributed by atoms with Crippen molar-refractivity contribution in [3.05, 3.63) is 22.2 Å². The van der Waals surface area contributed by atoms with Crippen LogP contribution in [0.3, 0.4) is 0 Å². The highest BCUT2D eigenvalue weighted by atomic mass is 32.1. The molecule has 0 spiro atoms. The maximum atomic E-state index is 5.82. The largest absolute Gasteiger partial charge is 0.374 e. The summed E-state index contributed by atoms with van der Waals surface area (Å²) in [6.07, 6.45) is 4.32. The molecule has 0 saturated carbocycles. The quantitative estimate of drug-likeness (QED) is 0.742. The number of nitrogens with zero attached hydrogens (tertiary/aromatic N) is 1. The van der Waals surface area contributed by atoms with E-state index in [-0.39, 0.29) is 0 Å². The summed E-state index contributed by atoms with van der Waals surface area (Å²) in [6, 6.07) is 1.90. The second-order valence-electron chi connectivity index (χ2n) is 4.50. The van der Waals surface area contributed by atoms with Crippen molar-refractivity contribution >= 4 is 12.2 Å². The Labute approximate surface area is 93.9 Å². The average Bonchev–Trinajstić information content (AvgIpc) is 2.76. The maximum Gasteiger partial charge on any atom is 0.129 e. The molecular weight excluding hydrogens is 208 g/mol. The van der Waals surface area contributed by atoms with E-state index in [1.54, 1.807) is 0 Å². The van der Waals surface area contributed by atoms with Gasteiger partial charge in [0.2, 0.25) is 0 Å². The van der Waals surface area contributed by atoms with Crippen LogP contribution in [0.25, 0.3) is 0 Å². The number of H-pyrrole nitrogens is 1. The number of aromatic nitrogens is 2. The van der Waals surface area contributed by atoms with Crippen LogP contribution < -0.4 is 0 Å². The molecule has 2 saturated heterocycles. The lowest BCUT2D eigenvalue weighted by Gasteiger charge is -2.17. The Balaban J connectivity index is 1.96. The molecule has 0 aromatic carbocycles.